The second-order valence-corrected chi connectivity index (χ2v) is 6.64. The van der Waals surface area contributed by atoms with Gasteiger partial charge in [-0.25, -0.2) is 0 Å². The van der Waals surface area contributed by atoms with Gasteiger partial charge in [0.2, 0.25) is 0 Å². The van der Waals surface area contributed by atoms with Gasteiger partial charge in [0.15, 0.2) is 0 Å². The normalized spacial score (nSPS) is 11.5. The molecule has 0 aliphatic rings. The maximum absolute atomic E-state index is 9.41. The number of rotatable bonds is 9. The fourth-order valence-corrected chi connectivity index (χ4v) is 2.99. The van der Waals surface area contributed by atoms with Crippen molar-refractivity contribution in [2.24, 2.45) is 0 Å². The lowest BCUT2D eigenvalue weighted by Gasteiger charge is -2.18. The summed E-state index contributed by atoms with van der Waals surface area (Å²) < 4.78 is 5.91. The molecule has 0 aliphatic heterocycles. The molecule has 0 saturated heterocycles. The highest BCUT2D eigenvalue weighted by Gasteiger charge is 2.14. The summed E-state index contributed by atoms with van der Waals surface area (Å²) >= 11 is 0. The molecule has 0 amide bonds. The van der Waals surface area contributed by atoms with E-state index in [1.165, 1.54) is 0 Å². The molecule has 0 fully saturated rings. The predicted molar refractivity (Wildman–Crippen MR) is 114 cm³/mol. The Morgan fingerprint density at radius 3 is 2.11 bits per heavy atom. The van der Waals surface area contributed by atoms with Crippen molar-refractivity contribution in [2.45, 2.75) is 26.0 Å². The van der Waals surface area contributed by atoms with Crippen LogP contribution >= 0.6 is 0 Å². The van der Waals surface area contributed by atoms with Crippen LogP contribution in [-0.4, -0.2) is 23.2 Å². The topological polar surface area (TPSA) is 57.7 Å². The lowest BCUT2D eigenvalue weighted by molar-refractivity contribution is -0.00279. The van der Waals surface area contributed by atoms with E-state index in [1.807, 2.05) is 72.8 Å². The maximum atomic E-state index is 9.41. The Morgan fingerprint density at radius 1 is 0.893 bits per heavy atom. The van der Waals surface area contributed by atoms with Crippen LogP contribution in [0.5, 0.6) is 0 Å². The van der Waals surface area contributed by atoms with E-state index in [2.05, 4.69) is 29.2 Å². The Balaban J connectivity index is 1.55. The van der Waals surface area contributed by atoms with Crippen LogP contribution in [0.1, 0.15) is 30.0 Å². The van der Waals surface area contributed by atoms with Crippen molar-refractivity contribution >= 4 is 11.4 Å². The summed E-state index contributed by atoms with van der Waals surface area (Å²) in [6.45, 7) is 3.34. The van der Waals surface area contributed by atoms with Gasteiger partial charge in [0.25, 0.3) is 0 Å². The number of para-hydroxylation sites is 1. The average Bonchev–Trinajstić information content (AvgIpc) is 2.76. The van der Waals surface area contributed by atoms with Crippen molar-refractivity contribution in [3.05, 3.63) is 107 Å². The van der Waals surface area contributed by atoms with Crippen LogP contribution in [0, 0.1) is 0 Å². The smallest absolute Gasteiger partial charge is 0.329 e. The third-order valence-corrected chi connectivity index (χ3v) is 4.60. The van der Waals surface area contributed by atoms with Crippen molar-refractivity contribution in [1.82, 2.24) is 0 Å². The van der Waals surface area contributed by atoms with Gasteiger partial charge in [-0.2, -0.15) is 4.79 Å². The van der Waals surface area contributed by atoms with Gasteiger partial charge in [-0.15, -0.1) is 0 Å². The van der Waals surface area contributed by atoms with E-state index in [0.717, 1.165) is 28.8 Å². The summed E-state index contributed by atoms with van der Waals surface area (Å²) in [5, 5.41) is 3.50. The lowest BCUT2D eigenvalue weighted by Crippen LogP contribution is -2.24. The summed E-state index contributed by atoms with van der Waals surface area (Å²) in [6, 6.07) is 28.0. The maximum Gasteiger partial charge on any atom is 0.329 e. The molecule has 1 unspecified atom stereocenters. The molecule has 1 N–H and O–H groups in total. The van der Waals surface area contributed by atoms with E-state index < -0.39 is 0 Å². The molecule has 0 bridgehead atoms. The predicted octanol–water partition coefficient (Wildman–Crippen LogP) is 5.16. The number of hydrogen-bond donors (Lipinski definition) is 1. The van der Waals surface area contributed by atoms with Gasteiger partial charge in [-0.3, -0.25) is 0 Å². The molecule has 0 radical (unpaired) electrons. The lowest BCUT2D eigenvalue weighted by atomic mass is 10.0. The van der Waals surface area contributed by atoms with Gasteiger partial charge < -0.3 is 15.6 Å². The standard InChI is InChI=1S/C24H25N3O/c1-2-22(26-23-11-7-4-8-12-23)18-28-17-19-13-15-21(16-14-19)24(27-25)20-9-5-3-6-10-20/h3-16,22,26H,2,17-18H2,1H3. The largest absolute Gasteiger partial charge is 0.380 e. The number of benzene rings is 3. The van der Waals surface area contributed by atoms with E-state index in [9.17, 15) is 5.53 Å². The van der Waals surface area contributed by atoms with Crippen LogP contribution in [0.25, 0.3) is 5.53 Å². The molecule has 3 aromatic carbocycles. The van der Waals surface area contributed by atoms with Crippen LogP contribution in [0.4, 0.5) is 5.69 Å². The minimum Gasteiger partial charge on any atom is -0.380 e. The van der Waals surface area contributed by atoms with Crippen molar-refractivity contribution < 1.29 is 9.53 Å². The molecule has 142 valence electrons. The van der Waals surface area contributed by atoms with Crippen LogP contribution in [-0.2, 0) is 11.3 Å². The Morgan fingerprint density at radius 2 is 1.50 bits per heavy atom. The molecule has 0 spiro atoms. The van der Waals surface area contributed by atoms with Crippen LogP contribution in [0.2, 0.25) is 0 Å². The first-order chi connectivity index (χ1) is 13.8. The molecule has 0 aromatic heterocycles. The molecule has 4 heteroatoms. The van der Waals surface area contributed by atoms with E-state index in [1.54, 1.807) is 0 Å². The van der Waals surface area contributed by atoms with Crippen LogP contribution in [0.15, 0.2) is 84.9 Å². The van der Waals surface area contributed by atoms with Crippen molar-refractivity contribution in [3.63, 3.8) is 0 Å². The SMILES string of the molecule is CCC(COCc1ccc(C(=[N+]=[N-])c2ccccc2)cc1)Nc1ccccc1. The minimum absolute atomic E-state index is 0.271. The number of nitrogens with one attached hydrogen (secondary N) is 1. The monoisotopic (exact) mass is 371 g/mol. The van der Waals surface area contributed by atoms with E-state index in [-0.39, 0.29) is 6.04 Å². The second kappa shape index (κ2) is 10.2. The van der Waals surface area contributed by atoms with Gasteiger partial charge in [0.1, 0.15) is 0 Å². The van der Waals surface area contributed by atoms with Gasteiger partial charge >= 0.3 is 5.71 Å². The third-order valence-electron chi connectivity index (χ3n) is 4.60. The Kier molecular flexibility index (Phi) is 7.14. The van der Waals surface area contributed by atoms with Gasteiger partial charge in [-0.1, -0.05) is 55.5 Å². The van der Waals surface area contributed by atoms with E-state index >= 15 is 0 Å². The van der Waals surface area contributed by atoms with Gasteiger partial charge in [0, 0.05) is 11.7 Å². The summed E-state index contributed by atoms with van der Waals surface area (Å²) in [7, 11) is 0. The molecule has 28 heavy (non-hydrogen) atoms. The second-order valence-electron chi connectivity index (χ2n) is 6.64. The molecule has 3 aromatic rings. The number of hydrogen-bond acceptors (Lipinski definition) is 2. The zero-order valence-corrected chi connectivity index (χ0v) is 16.1. The van der Waals surface area contributed by atoms with Gasteiger partial charge in [0.05, 0.1) is 24.3 Å². The van der Waals surface area contributed by atoms with Gasteiger partial charge in [-0.05, 0) is 48.4 Å². The first-order valence-corrected chi connectivity index (χ1v) is 9.56. The fourth-order valence-electron chi connectivity index (χ4n) is 2.99. The first-order valence-electron chi connectivity index (χ1n) is 9.56. The highest BCUT2D eigenvalue weighted by atomic mass is 16.5. The summed E-state index contributed by atoms with van der Waals surface area (Å²) in [5.41, 5.74) is 13.9. The zero-order chi connectivity index (χ0) is 19.6. The summed E-state index contributed by atoms with van der Waals surface area (Å²) in [5.74, 6) is 0. The molecule has 0 aliphatic carbocycles. The highest BCUT2D eigenvalue weighted by molar-refractivity contribution is 6.09. The molecule has 4 nitrogen and oxygen atoms in total. The van der Waals surface area contributed by atoms with Crippen molar-refractivity contribution in [3.8, 4) is 0 Å². The molecule has 0 heterocycles. The Labute approximate surface area is 166 Å². The number of anilines is 1. The summed E-state index contributed by atoms with van der Waals surface area (Å²) in [4.78, 5) is 3.47. The van der Waals surface area contributed by atoms with E-state index in [0.29, 0.717) is 18.9 Å². The van der Waals surface area contributed by atoms with Crippen molar-refractivity contribution in [1.29, 1.82) is 0 Å². The Bertz CT molecular complexity index is 902. The van der Waals surface area contributed by atoms with E-state index in [4.69, 9.17) is 4.74 Å². The Hall–Kier alpha value is -3.20. The fraction of sp³-hybridized carbons (Fsp3) is 0.208. The van der Waals surface area contributed by atoms with Crippen LogP contribution in [0.3, 0.4) is 0 Å². The minimum atomic E-state index is 0.271. The quantitative estimate of drug-likeness (QED) is 0.321. The number of ether oxygens (including phenoxy) is 1. The molecule has 0 saturated carbocycles. The van der Waals surface area contributed by atoms with Crippen molar-refractivity contribution in [2.75, 3.05) is 11.9 Å². The molecule has 1 atom stereocenters. The third kappa shape index (κ3) is 5.40. The molecular formula is C24H25N3O. The number of nitrogens with zero attached hydrogens (tertiary/aromatic N) is 2. The highest BCUT2D eigenvalue weighted by Crippen LogP contribution is 2.13. The first kappa shape index (κ1) is 19.6. The zero-order valence-electron chi connectivity index (χ0n) is 16.1. The molecular weight excluding hydrogens is 346 g/mol. The van der Waals surface area contributed by atoms with Crippen LogP contribution < -0.4 is 5.32 Å². The molecule has 3 rings (SSSR count). The summed E-state index contributed by atoms with van der Waals surface area (Å²) in [6.07, 6.45) is 0.987. The average molecular weight is 371 g/mol.